The second-order valence-electron chi connectivity index (χ2n) is 5.58. The summed E-state index contributed by atoms with van der Waals surface area (Å²) in [6, 6.07) is 8.96. The highest BCUT2D eigenvalue weighted by atomic mass is 16.5. The molecule has 1 N–H and O–H groups in total. The lowest BCUT2D eigenvalue weighted by atomic mass is 10.1. The van der Waals surface area contributed by atoms with Gasteiger partial charge in [-0.15, -0.1) is 0 Å². The van der Waals surface area contributed by atoms with Crippen LogP contribution >= 0.6 is 0 Å². The number of amides is 1. The van der Waals surface area contributed by atoms with E-state index in [-0.39, 0.29) is 11.0 Å². The van der Waals surface area contributed by atoms with Crippen molar-refractivity contribution >= 4 is 16.8 Å². The molecule has 0 saturated carbocycles. The van der Waals surface area contributed by atoms with Gasteiger partial charge in [0.25, 0.3) is 5.91 Å². The van der Waals surface area contributed by atoms with Crippen molar-refractivity contribution in [1.29, 1.82) is 0 Å². The molecular weight excluding hydrogens is 318 g/mol. The van der Waals surface area contributed by atoms with Crippen molar-refractivity contribution in [2.75, 3.05) is 7.11 Å². The van der Waals surface area contributed by atoms with Crippen molar-refractivity contribution in [2.24, 2.45) is 0 Å². The Labute approximate surface area is 145 Å². The molecule has 0 aliphatic rings. The predicted molar refractivity (Wildman–Crippen MR) is 95.8 cm³/mol. The number of benzene rings is 1. The molecule has 128 valence electrons. The molecule has 0 radical (unpaired) electrons. The number of methoxy groups -OCH3 is 1. The van der Waals surface area contributed by atoms with Gasteiger partial charge in [0.2, 0.25) is 5.43 Å². The molecule has 0 atom stereocenters. The highest BCUT2D eigenvalue weighted by Gasteiger charge is 2.15. The van der Waals surface area contributed by atoms with Crippen LogP contribution in [0.5, 0.6) is 5.75 Å². The van der Waals surface area contributed by atoms with E-state index in [4.69, 9.17) is 4.74 Å². The minimum absolute atomic E-state index is 0.117. The van der Waals surface area contributed by atoms with Crippen LogP contribution in [0, 0.1) is 0 Å². The molecule has 3 aromatic rings. The topological polar surface area (TPSA) is 73.2 Å². The molecule has 0 unspecified atom stereocenters. The Balaban J connectivity index is 1.98. The fourth-order valence-corrected chi connectivity index (χ4v) is 2.71. The molecule has 0 saturated heterocycles. The van der Waals surface area contributed by atoms with Gasteiger partial charge in [-0.05, 0) is 36.8 Å². The van der Waals surface area contributed by atoms with Gasteiger partial charge in [-0.2, -0.15) is 0 Å². The first kappa shape index (κ1) is 16.7. The standard InChI is InChI=1S/C19H19N3O3/c1-3-22-12-16(19(24)21-11-13-5-4-8-20-10-13)18(23)15-9-14(25-2)6-7-17(15)22/h4-10,12H,3,11H2,1-2H3,(H,21,24). The Morgan fingerprint density at radius 3 is 2.84 bits per heavy atom. The van der Waals surface area contributed by atoms with Crippen LogP contribution in [0.1, 0.15) is 22.8 Å². The first-order chi connectivity index (χ1) is 12.1. The van der Waals surface area contributed by atoms with E-state index in [0.29, 0.717) is 24.2 Å². The number of pyridine rings is 2. The lowest BCUT2D eigenvalue weighted by Gasteiger charge is -2.12. The Kier molecular flexibility index (Phi) is 4.79. The van der Waals surface area contributed by atoms with E-state index in [1.165, 1.54) is 0 Å². The van der Waals surface area contributed by atoms with Crippen LogP contribution in [-0.2, 0) is 13.1 Å². The fraction of sp³-hybridized carbons (Fsp3) is 0.211. The van der Waals surface area contributed by atoms with Gasteiger partial charge in [-0.25, -0.2) is 0 Å². The zero-order valence-electron chi connectivity index (χ0n) is 14.2. The highest BCUT2D eigenvalue weighted by molar-refractivity contribution is 5.97. The normalized spacial score (nSPS) is 10.6. The Morgan fingerprint density at radius 1 is 1.32 bits per heavy atom. The lowest BCUT2D eigenvalue weighted by Crippen LogP contribution is -2.29. The smallest absolute Gasteiger partial charge is 0.257 e. The third kappa shape index (κ3) is 3.38. The number of fused-ring (bicyclic) bond motifs is 1. The van der Waals surface area contributed by atoms with Gasteiger partial charge >= 0.3 is 0 Å². The van der Waals surface area contributed by atoms with Crippen molar-refractivity contribution in [2.45, 2.75) is 20.0 Å². The average Bonchev–Trinajstić information content (AvgIpc) is 2.67. The third-order valence-corrected chi connectivity index (χ3v) is 4.05. The summed E-state index contributed by atoms with van der Waals surface area (Å²) >= 11 is 0. The van der Waals surface area contributed by atoms with Crippen LogP contribution in [0.15, 0.2) is 53.7 Å². The van der Waals surface area contributed by atoms with Crippen LogP contribution in [-0.4, -0.2) is 22.6 Å². The van der Waals surface area contributed by atoms with E-state index in [2.05, 4.69) is 10.3 Å². The Morgan fingerprint density at radius 2 is 2.16 bits per heavy atom. The van der Waals surface area contributed by atoms with Crippen molar-refractivity contribution in [3.63, 3.8) is 0 Å². The summed E-state index contributed by atoms with van der Waals surface area (Å²) in [4.78, 5) is 29.3. The summed E-state index contributed by atoms with van der Waals surface area (Å²) < 4.78 is 7.08. The Hall–Kier alpha value is -3.15. The molecule has 0 aliphatic heterocycles. The number of carbonyl (C=O) groups excluding carboxylic acids is 1. The molecule has 6 heteroatoms. The number of rotatable bonds is 5. The second-order valence-corrected chi connectivity index (χ2v) is 5.58. The summed E-state index contributed by atoms with van der Waals surface area (Å²) in [5.41, 5.74) is 1.46. The summed E-state index contributed by atoms with van der Waals surface area (Å²) in [7, 11) is 1.55. The number of nitrogens with one attached hydrogen (secondary N) is 1. The maximum absolute atomic E-state index is 12.8. The molecule has 1 amide bonds. The number of aromatic nitrogens is 2. The van der Waals surface area contributed by atoms with E-state index < -0.39 is 5.91 Å². The van der Waals surface area contributed by atoms with Crippen molar-refractivity contribution in [3.05, 3.63) is 70.3 Å². The highest BCUT2D eigenvalue weighted by Crippen LogP contribution is 2.19. The molecule has 2 heterocycles. The first-order valence-electron chi connectivity index (χ1n) is 8.02. The summed E-state index contributed by atoms with van der Waals surface area (Å²) in [5, 5.41) is 3.24. The SMILES string of the molecule is CCn1cc(C(=O)NCc2cccnc2)c(=O)c2cc(OC)ccc21. The molecule has 1 aromatic carbocycles. The fourth-order valence-electron chi connectivity index (χ4n) is 2.71. The molecule has 3 rings (SSSR count). The number of nitrogens with zero attached hydrogens (tertiary/aromatic N) is 2. The average molecular weight is 337 g/mol. The quantitative estimate of drug-likeness (QED) is 0.776. The number of aryl methyl sites for hydroxylation is 1. The lowest BCUT2D eigenvalue weighted by molar-refractivity contribution is 0.0949. The number of hydrogen-bond acceptors (Lipinski definition) is 4. The van der Waals surface area contributed by atoms with Crippen LogP contribution in [0.2, 0.25) is 0 Å². The summed E-state index contributed by atoms with van der Waals surface area (Å²) in [6.45, 7) is 2.92. The zero-order valence-corrected chi connectivity index (χ0v) is 14.2. The molecule has 2 aromatic heterocycles. The zero-order chi connectivity index (χ0) is 17.8. The van der Waals surface area contributed by atoms with Crippen molar-refractivity contribution in [3.8, 4) is 5.75 Å². The van der Waals surface area contributed by atoms with Gasteiger partial charge in [0.1, 0.15) is 11.3 Å². The Bertz CT molecular complexity index is 965. The van der Waals surface area contributed by atoms with Crippen LogP contribution in [0.3, 0.4) is 0 Å². The number of hydrogen-bond donors (Lipinski definition) is 1. The molecular formula is C19H19N3O3. The van der Waals surface area contributed by atoms with Gasteiger partial charge in [0, 0.05) is 31.7 Å². The minimum Gasteiger partial charge on any atom is -0.497 e. The molecule has 0 aliphatic carbocycles. The van der Waals surface area contributed by atoms with E-state index in [9.17, 15) is 9.59 Å². The number of ether oxygens (including phenoxy) is 1. The van der Waals surface area contributed by atoms with Gasteiger partial charge in [-0.3, -0.25) is 14.6 Å². The van der Waals surface area contributed by atoms with Crippen LogP contribution in [0.25, 0.3) is 10.9 Å². The number of carbonyl (C=O) groups is 1. The molecule has 0 fully saturated rings. The molecule has 6 nitrogen and oxygen atoms in total. The van der Waals surface area contributed by atoms with E-state index in [1.54, 1.807) is 43.9 Å². The van der Waals surface area contributed by atoms with Crippen molar-refractivity contribution in [1.82, 2.24) is 14.9 Å². The van der Waals surface area contributed by atoms with Gasteiger partial charge in [0.15, 0.2) is 0 Å². The first-order valence-corrected chi connectivity index (χ1v) is 8.02. The van der Waals surface area contributed by atoms with E-state index in [0.717, 1.165) is 11.1 Å². The summed E-state index contributed by atoms with van der Waals surface area (Å²) in [6.07, 6.45) is 4.95. The van der Waals surface area contributed by atoms with E-state index >= 15 is 0 Å². The second kappa shape index (κ2) is 7.17. The monoisotopic (exact) mass is 337 g/mol. The van der Waals surface area contributed by atoms with Gasteiger partial charge < -0.3 is 14.6 Å². The largest absolute Gasteiger partial charge is 0.497 e. The van der Waals surface area contributed by atoms with Crippen LogP contribution in [0.4, 0.5) is 0 Å². The maximum atomic E-state index is 12.8. The van der Waals surface area contributed by atoms with Gasteiger partial charge in [0.05, 0.1) is 18.0 Å². The van der Waals surface area contributed by atoms with Crippen LogP contribution < -0.4 is 15.5 Å². The predicted octanol–water partition coefficient (Wildman–Crippen LogP) is 2.36. The van der Waals surface area contributed by atoms with E-state index in [1.807, 2.05) is 23.6 Å². The minimum atomic E-state index is -0.402. The van der Waals surface area contributed by atoms with Gasteiger partial charge in [-0.1, -0.05) is 6.07 Å². The summed E-state index contributed by atoms with van der Waals surface area (Å²) in [5.74, 6) is 0.181. The molecule has 25 heavy (non-hydrogen) atoms. The molecule has 0 bridgehead atoms. The molecule has 0 spiro atoms. The maximum Gasteiger partial charge on any atom is 0.257 e. The van der Waals surface area contributed by atoms with Crippen molar-refractivity contribution < 1.29 is 9.53 Å². The third-order valence-electron chi connectivity index (χ3n) is 4.05.